The van der Waals surface area contributed by atoms with Gasteiger partial charge in [0.1, 0.15) is 0 Å². The fraction of sp³-hybridized carbons (Fsp3) is 0.333. The largest absolute Gasteiger partial charge is 0.469 e. The van der Waals surface area contributed by atoms with Gasteiger partial charge in [-0.25, -0.2) is 8.42 Å². The number of methoxy groups -OCH3 is 1. The van der Waals surface area contributed by atoms with Crippen LogP contribution < -0.4 is 4.72 Å². The van der Waals surface area contributed by atoms with Gasteiger partial charge in [-0.1, -0.05) is 0 Å². The van der Waals surface area contributed by atoms with E-state index in [2.05, 4.69) is 19.7 Å². The van der Waals surface area contributed by atoms with Crippen molar-refractivity contribution in [3.63, 3.8) is 0 Å². The standard InChI is InChI=1S/C12H15N3O4S/c1-19-12(16)3-2-6-20(17,18)15-10-4-5-11-9(7-10)8-13-14-11/h4-5,7-8,15H,2-3,6H2,1H3,(H,13,14). The second-order valence-corrected chi connectivity index (χ2v) is 6.11. The first-order chi connectivity index (χ1) is 9.50. The molecule has 7 nitrogen and oxygen atoms in total. The molecule has 2 aromatic rings. The van der Waals surface area contributed by atoms with Gasteiger partial charge in [0.25, 0.3) is 0 Å². The molecule has 0 bridgehead atoms. The number of fused-ring (bicyclic) bond motifs is 1. The third kappa shape index (κ3) is 3.70. The van der Waals surface area contributed by atoms with Gasteiger partial charge in [0.05, 0.1) is 24.6 Å². The first-order valence-electron chi connectivity index (χ1n) is 6.00. The lowest BCUT2D eigenvalue weighted by atomic mass is 10.2. The molecule has 0 aliphatic rings. The number of nitrogens with zero attached hydrogens (tertiary/aromatic N) is 1. The number of aromatic nitrogens is 2. The monoisotopic (exact) mass is 297 g/mol. The lowest BCUT2D eigenvalue weighted by Crippen LogP contribution is -2.17. The Hall–Kier alpha value is -2.09. The van der Waals surface area contributed by atoms with Crippen molar-refractivity contribution in [3.05, 3.63) is 24.4 Å². The van der Waals surface area contributed by atoms with Crippen molar-refractivity contribution in [1.29, 1.82) is 0 Å². The smallest absolute Gasteiger partial charge is 0.305 e. The van der Waals surface area contributed by atoms with Gasteiger partial charge in [0.15, 0.2) is 0 Å². The average molecular weight is 297 g/mol. The molecular weight excluding hydrogens is 282 g/mol. The molecule has 0 unspecified atom stereocenters. The lowest BCUT2D eigenvalue weighted by Gasteiger charge is -2.07. The molecule has 0 aliphatic carbocycles. The van der Waals surface area contributed by atoms with Crippen LogP contribution in [0.15, 0.2) is 24.4 Å². The van der Waals surface area contributed by atoms with Crippen LogP contribution in [0.3, 0.4) is 0 Å². The second kappa shape index (κ2) is 5.91. The van der Waals surface area contributed by atoms with Crippen LogP contribution in [0.2, 0.25) is 0 Å². The number of ether oxygens (including phenoxy) is 1. The number of anilines is 1. The topological polar surface area (TPSA) is 101 Å². The third-order valence-corrected chi connectivity index (χ3v) is 4.11. The summed E-state index contributed by atoms with van der Waals surface area (Å²) < 4.78 is 30.6. The molecule has 0 fully saturated rings. The molecule has 2 rings (SSSR count). The molecule has 108 valence electrons. The predicted octanol–water partition coefficient (Wildman–Crippen LogP) is 1.26. The Morgan fingerprint density at radius 1 is 1.45 bits per heavy atom. The molecule has 20 heavy (non-hydrogen) atoms. The van der Waals surface area contributed by atoms with Crippen LogP contribution in [0.1, 0.15) is 12.8 Å². The number of carbonyl (C=O) groups excluding carboxylic acids is 1. The van der Waals surface area contributed by atoms with Gasteiger partial charge in [-0.3, -0.25) is 14.6 Å². The molecule has 0 amide bonds. The zero-order valence-electron chi connectivity index (χ0n) is 10.9. The minimum absolute atomic E-state index is 0.0815. The molecule has 8 heteroatoms. The summed E-state index contributed by atoms with van der Waals surface area (Å²) in [7, 11) is -2.21. The van der Waals surface area contributed by atoms with Crippen LogP contribution in [-0.2, 0) is 19.6 Å². The van der Waals surface area contributed by atoms with E-state index in [4.69, 9.17) is 0 Å². The minimum atomic E-state index is -3.48. The van der Waals surface area contributed by atoms with Crippen LogP contribution in [0, 0.1) is 0 Å². The van der Waals surface area contributed by atoms with Gasteiger partial charge in [-0.2, -0.15) is 5.10 Å². The Kier molecular flexibility index (Phi) is 4.23. The number of esters is 1. The summed E-state index contributed by atoms with van der Waals surface area (Å²) in [6.45, 7) is 0. The van der Waals surface area contributed by atoms with E-state index in [1.54, 1.807) is 24.4 Å². The molecule has 1 aromatic carbocycles. The highest BCUT2D eigenvalue weighted by Crippen LogP contribution is 2.18. The number of hydrogen-bond donors (Lipinski definition) is 2. The Morgan fingerprint density at radius 2 is 2.25 bits per heavy atom. The van der Waals surface area contributed by atoms with E-state index in [1.807, 2.05) is 0 Å². The van der Waals surface area contributed by atoms with Gasteiger partial charge >= 0.3 is 5.97 Å². The highest BCUT2D eigenvalue weighted by molar-refractivity contribution is 7.92. The number of rotatable bonds is 6. The molecular formula is C12H15N3O4S. The molecule has 0 saturated carbocycles. The summed E-state index contributed by atoms with van der Waals surface area (Å²) in [4.78, 5) is 10.9. The summed E-state index contributed by atoms with van der Waals surface area (Å²) >= 11 is 0. The zero-order chi connectivity index (χ0) is 14.6. The molecule has 0 saturated heterocycles. The number of aromatic amines is 1. The molecule has 1 heterocycles. The number of benzene rings is 1. The van der Waals surface area contributed by atoms with E-state index in [1.165, 1.54) is 7.11 Å². The summed E-state index contributed by atoms with van der Waals surface area (Å²) in [6.07, 6.45) is 1.92. The maximum absolute atomic E-state index is 11.9. The summed E-state index contributed by atoms with van der Waals surface area (Å²) in [5.41, 5.74) is 1.30. The van der Waals surface area contributed by atoms with Crippen molar-refractivity contribution in [3.8, 4) is 0 Å². The Bertz CT molecular complexity index is 708. The molecule has 0 spiro atoms. The van der Waals surface area contributed by atoms with E-state index in [-0.39, 0.29) is 18.6 Å². The van der Waals surface area contributed by atoms with Crippen molar-refractivity contribution in [2.75, 3.05) is 17.6 Å². The van der Waals surface area contributed by atoms with Gasteiger partial charge in [-0.05, 0) is 24.6 Å². The maximum atomic E-state index is 11.9. The summed E-state index contributed by atoms with van der Waals surface area (Å²) in [5.74, 6) is -0.550. The lowest BCUT2D eigenvalue weighted by molar-refractivity contribution is -0.140. The number of sulfonamides is 1. The van der Waals surface area contributed by atoms with E-state index in [9.17, 15) is 13.2 Å². The molecule has 0 radical (unpaired) electrons. The van der Waals surface area contributed by atoms with Crippen LogP contribution >= 0.6 is 0 Å². The highest BCUT2D eigenvalue weighted by Gasteiger charge is 2.12. The summed E-state index contributed by atoms with van der Waals surface area (Å²) in [6, 6.07) is 5.09. The first kappa shape index (κ1) is 14.3. The average Bonchev–Trinajstić information content (AvgIpc) is 2.85. The van der Waals surface area contributed by atoms with Crippen LogP contribution in [0.5, 0.6) is 0 Å². The van der Waals surface area contributed by atoms with Crippen LogP contribution in [0.4, 0.5) is 5.69 Å². The summed E-state index contributed by atoms with van der Waals surface area (Å²) in [5, 5.41) is 7.47. The molecule has 0 aliphatic heterocycles. The van der Waals surface area contributed by atoms with Gasteiger partial charge in [0.2, 0.25) is 10.0 Å². The van der Waals surface area contributed by atoms with Crippen molar-refractivity contribution in [1.82, 2.24) is 10.2 Å². The van der Waals surface area contributed by atoms with E-state index in [0.29, 0.717) is 5.69 Å². The van der Waals surface area contributed by atoms with E-state index in [0.717, 1.165) is 10.9 Å². The van der Waals surface area contributed by atoms with Crippen LogP contribution in [-0.4, -0.2) is 37.4 Å². The molecule has 0 atom stereocenters. The van der Waals surface area contributed by atoms with Gasteiger partial charge < -0.3 is 4.74 Å². The first-order valence-corrected chi connectivity index (χ1v) is 7.66. The fourth-order valence-corrected chi connectivity index (χ4v) is 2.86. The maximum Gasteiger partial charge on any atom is 0.305 e. The van der Waals surface area contributed by atoms with Crippen molar-refractivity contribution in [2.24, 2.45) is 0 Å². The second-order valence-electron chi connectivity index (χ2n) is 4.27. The minimum Gasteiger partial charge on any atom is -0.469 e. The molecule has 1 aromatic heterocycles. The highest BCUT2D eigenvalue weighted by atomic mass is 32.2. The Balaban J connectivity index is 1.98. The Morgan fingerprint density at radius 3 is 3.00 bits per heavy atom. The zero-order valence-corrected chi connectivity index (χ0v) is 11.7. The van der Waals surface area contributed by atoms with Crippen LogP contribution in [0.25, 0.3) is 10.9 Å². The Labute approximate surface area is 116 Å². The normalized spacial score (nSPS) is 11.4. The molecule has 2 N–H and O–H groups in total. The van der Waals surface area contributed by atoms with Gasteiger partial charge in [0, 0.05) is 17.5 Å². The fourth-order valence-electron chi connectivity index (χ4n) is 1.75. The van der Waals surface area contributed by atoms with E-state index >= 15 is 0 Å². The number of H-pyrrole nitrogens is 1. The van der Waals surface area contributed by atoms with Gasteiger partial charge in [-0.15, -0.1) is 0 Å². The number of carbonyl (C=O) groups is 1. The predicted molar refractivity (Wildman–Crippen MR) is 74.8 cm³/mol. The van der Waals surface area contributed by atoms with E-state index < -0.39 is 16.0 Å². The van der Waals surface area contributed by atoms with Crippen molar-refractivity contribution >= 4 is 32.6 Å². The number of hydrogen-bond acceptors (Lipinski definition) is 5. The number of nitrogens with one attached hydrogen (secondary N) is 2. The SMILES string of the molecule is COC(=O)CCCS(=O)(=O)Nc1ccc2[nH]ncc2c1. The quantitative estimate of drug-likeness (QED) is 0.782. The van der Waals surface area contributed by atoms with Crippen molar-refractivity contribution < 1.29 is 17.9 Å². The van der Waals surface area contributed by atoms with Crippen molar-refractivity contribution in [2.45, 2.75) is 12.8 Å². The third-order valence-electron chi connectivity index (χ3n) is 2.74.